The van der Waals surface area contributed by atoms with Gasteiger partial charge in [0.2, 0.25) is 11.8 Å². The minimum atomic E-state index is -1.12. The molecular weight excluding hydrogens is 592 g/mol. The lowest BCUT2D eigenvalue weighted by Gasteiger charge is -2.36. The molecule has 0 radical (unpaired) electrons. The smallest absolute Gasteiger partial charge is 0.262 e. The molecule has 4 rings (SSSR count). The van der Waals surface area contributed by atoms with E-state index in [0.29, 0.717) is 59.7 Å². The summed E-state index contributed by atoms with van der Waals surface area (Å²) in [6, 6.07) is 8.36. The summed E-state index contributed by atoms with van der Waals surface area (Å²) < 4.78 is 6.75. The van der Waals surface area contributed by atoms with E-state index in [4.69, 9.17) is 4.74 Å². The third-order valence-corrected chi connectivity index (χ3v) is 7.99. The zero-order valence-electron chi connectivity index (χ0n) is 18.0. The van der Waals surface area contributed by atoms with Gasteiger partial charge in [-0.1, -0.05) is 0 Å². The summed E-state index contributed by atoms with van der Waals surface area (Å²) in [5.74, 6) is -1.13. The predicted octanol–water partition coefficient (Wildman–Crippen LogP) is 2.76. The number of carbonyl (C=O) groups excluding carboxylic acids is 4. The third kappa shape index (κ3) is 5.51. The van der Waals surface area contributed by atoms with Crippen LogP contribution >= 0.6 is 43.2 Å². The summed E-state index contributed by atoms with van der Waals surface area (Å²) in [5.41, 5.74) is -0.248. The lowest BCUT2D eigenvalue weighted by atomic mass is 9.88. The zero-order chi connectivity index (χ0) is 24.3. The number of carbonyl (C=O) groups is 4. The number of halogens is 2. The molecule has 0 saturated carbocycles. The maximum absolute atomic E-state index is 13.4. The molecule has 0 bridgehead atoms. The van der Waals surface area contributed by atoms with Gasteiger partial charge < -0.3 is 25.6 Å². The number of anilines is 1. The number of rotatable bonds is 5. The lowest BCUT2D eigenvalue weighted by molar-refractivity contribution is -0.126. The van der Waals surface area contributed by atoms with Gasteiger partial charge in [0.25, 0.3) is 11.8 Å². The van der Waals surface area contributed by atoms with E-state index in [0.717, 1.165) is 3.79 Å². The molecule has 2 fully saturated rings. The number of hydrogen-bond acceptors (Lipinski definition) is 6. The summed E-state index contributed by atoms with van der Waals surface area (Å²) in [7, 11) is 0. The van der Waals surface area contributed by atoms with Crippen molar-refractivity contribution in [3.05, 3.63) is 49.0 Å². The normalized spacial score (nSPS) is 17.6. The van der Waals surface area contributed by atoms with Crippen LogP contribution in [0.5, 0.6) is 0 Å². The van der Waals surface area contributed by atoms with Crippen molar-refractivity contribution < 1.29 is 23.9 Å². The fourth-order valence-electron chi connectivity index (χ4n) is 3.84. The minimum absolute atomic E-state index is 0.00879. The van der Waals surface area contributed by atoms with Crippen LogP contribution in [0.4, 0.5) is 5.69 Å². The summed E-state index contributed by atoms with van der Waals surface area (Å²) in [5, 5.41) is 8.49. The second-order valence-corrected chi connectivity index (χ2v) is 11.3. The Balaban J connectivity index is 1.49. The molecule has 3 N–H and O–H groups in total. The number of benzene rings is 1. The number of hydrogen-bond donors (Lipinski definition) is 3. The largest absolute Gasteiger partial charge is 0.381 e. The molecule has 9 nitrogen and oxygen atoms in total. The number of nitrogens with one attached hydrogen (secondary N) is 3. The first-order valence-corrected chi connectivity index (χ1v) is 13.0. The van der Waals surface area contributed by atoms with E-state index >= 15 is 0 Å². The van der Waals surface area contributed by atoms with E-state index in [1.165, 1.54) is 16.2 Å². The van der Waals surface area contributed by atoms with Crippen LogP contribution < -0.4 is 16.0 Å². The van der Waals surface area contributed by atoms with E-state index in [1.807, 2.05) is 0 Å². The van der Waals surface area contributed by atoms with Gasteiger partial charge in [0.1, 0.15) is 5.54 Å². The minimum Gasteiger partial charge on any atom is -0.381 e. The summed E-state index contributed by atoms with van der Waals surface area (Å²) in [6.07, 6.45) is 0.678. The Bertz CT molecular complexity index is 1130. The first-order chi connectivity index (χ1) is 16.3. The van der Waals surface area contributed by atoms with Gasteiger partial charge in [0, 0.05) is 49.3 Å². The van der Waals surface area contributed by atoms with Gasteiger partial charge in [-0.25, -0.2) is 0 Å². The second kappa shape index (κ2) is 10.5. The van der Waals surface area contributed by atoms with Gasteiger partial charge in [-0.2, -0.15) is 0 Å². The lowest BCUT2D eigenvalue weighted by Crippen LogP contribution is -2.59. The van der Waals surface area contributed by atoms with Gasteiger partial charge in [-0.15, -0.1) is 11.3 Å². The fourth-order valence-corrected chi connectivity index (χ4v) is 5.67. The SMILES string of the molecule is O=C1CN(C(=O)c2ccc(NC(=O)C3(NC(=O)c4ccc(Br)s4)CCOCC3)cc2Br)CCN1. The quantitative estimate of drug-likeness (QED) is 0.480. The molecule has 2 aromatic rings. The molecule has 0 spiro atoms. The first-order valence-electron chi connectivity index (χ1n) is 10.6. The summed E-state index contributed by atoms with van der Waals surface area (Å²) >= 11 is 8.05. The van der Waals surface area contributed by atoms with Crippen molar-refractivity contribution in [1.29, 1.82) is 0 Å². The average molecular weight is 614 g/mol. The molecule has 0 unspecified atom stereocenters. The Hall–Kier alpha value is -2.28. The van der Waals surface area contributed by atoms with Crippen molar-refractivity contribution in [2.24, 2.45) is 0 Å². The van der Waals surface area contributed by atoms with Crippen LogP contribution in [0.3, 0.4) is 0 Å². The van der Waals surface area contributed by atoms with Crippen LogP contribution in [0.2, 0.25) is 0 Å². The highest BCUT2D eigenvalue weighted by atomic mass is 79.9. The molecule has 0 aliphatic carbocycles. The van der Waals surface area contributed by atoms with Gasteiger partial charge in [-0.05, 0) is 62.2 Å². The number of ether oxygens (including phenoxy) is 1. The van der Waals surface area contributed by atoms with Gasteiger partial charge >= 0.3 is 0 Å². The monoisotopic (exact) mass is 612 g/mol. The molecule has 3 heterocycles. The molecule has 4 amide bonds. The van der Waals surface area contributed by atoms with Gasteiger partial charge in [0.05, 0.1) is 20.8 Å². The van der Waals surface area contributed by atoms with Crippen LogP contribution in [0, 0.1) is 0 Å². The number of amides is 4. The standard InChI is InChI=1S/C22H22Br2N4O5S/c23-15-11-13(1-2-14(15)20(31)28-8-7-25-18(29)12-28)26-21(32)22(5-9-33-10-6-22)27-19(30)16-3-4-17(24)34-16/h1-4,11H,5-10,12H2,(H,25,29)(H,26,32)(H,27,30). The van der Waals surface area contributed by atoms with E-state index in [2.05, 4.69) is 47.8 Å². The van der Waals surface area contributed by atoms with Gasteiger partial charge in [0.15, 0.2) is 0 Å². The van der Waals surface area contributed by atoms with E-state index in [-0.39, 0.29) is 30.2 Å². The van der Waals surface area contributed by atoms with Crippen molar-refractivity contribution in [2.45, 2.75) is 18.4 Å². The molecule has 2 aliphatic rings. The summed E-state index contributed by atoms with van der Waals surface area (Å²) in [6.45, 7) is 1.55. The first kappa shape index (κ1) is 24.8. The average Bonchev–Trinajstić information content (AvgIpc) is 3.26. The molecule has 2 aliphatic heterocycles. The van der Waals surface area contributed by atoms with Crippen LogP contribution in [0.15, 0.2) is 38.6 Å². The molecule has 0 atom stereocenters. The van der Waals surface area contributed by atoms with Crippen molar-refractivity contribution in [3.63, 3.8) is 0 Å². The number of thiophene rings is 1. The number of piperazine rings is 1. The van der Waals surface area contributed by atoms with Crippen molar-refractivity contribution in [2.75, 3.05) is 38.2 Å². The van der Waals surface area contributed by atoms with Crippen molar-refractivity contribution >= 4 is 72.5 Å². The zero-order valence-corrected chi connectivity index (χ0v) is 22.0. The predicted molar refractivity (Wildman–Crippen MR) is 134 cm³/mol. The maximum Gasteiger partial charge on any atom is 0.262 e. The second-order valence-electron chi connectivity index (χ2n) is 7.98. The van der Waals surface area contributed by atoms with Crippen LogP contribution in [-0.2, 0) is 14.3 Å². The molecule has 12 heteroatoms. The van der Waals surface area contributed by atoms with Gasteiger partial charge in [-0.3, -0.25) is 19.2 Å². The Labute approximate surface area is 216 Å². The third-order valence-electron chi connectivity index (χ3n) is 5.71. The Morgan fingerprint density at radius 3 is 2.53 bits per heavy atom. The molecule has 2 saturated heterocycles. The van der Waals surface area contributed by atoms with E-state index in [9.17, 15) is 19.2 Å². The molecule has 1 aromatic heterocycles. The molecule has 180 valence electrons. The molecular formula is C22H22Br2N4O5S. The Morgan fingerprint density at radius 1 is 1.12 bits per heavy atom. The van der Waals surface area contributed by atoms with Crippen LogP contribution in [0.25, 0.3) is 0 Å². The molecule has 34 heavy (non-hydrogen) atoms. The van der Waals surface area contributed by atoms with Crippen LogP contribution in [0.1, 0.15) is 32.9 Å². The number of nitrogens with zero attached hydrogens (tertiary/aromatic N) is 1. The van der Waals surface area contributed by atoms with E-state index < -0.39 is 5.54 Å². The molecule has 1 aromatic carbocycles. The van der Waals surface area contributed by atoms with Crippen molar-refractivity contribution in [1.82, 2.24) is 15.5 Å². The Kier molecular flexibility index (Phi) is 7.70. The van der Waals surface area contributed by atoms with E-state index in [1.54, 1.807) is 30.3 Å². The Morgan fingerprint density at radius 2 is 1.88 bits per heavy atom. The van der Waals surface area contributed by atoms with Crippen molar-refractivity contribution in [3.8, 4) is 0 Å². The topological polar surface area (TPSA) is 117 Å². The highest BCUT2D eigenvalue weighted by Gasteiger charge is 2.42. The van der Waals surface area contributed by atoms with Crippen LogP contribution in [-0.4, -0.2) is 66.9 Å². The maximum atomic E-state index is 13.4. The summed E-state index contributed by atoms with van der Waals surface area (Å²) in [4.78, 5) is 52.6. The highest BCUT2D eigenvalue weighted by Crippen LogP contribution is 2.28. The highest BCUT2D eigenvalue weighted by molar-refractivity contribution is 9.11. The fraction of sp³-hybridized carbons (Fsp3) is 0.364.